The summed E-state index contributed by atoms with van der Waals surface area (Å²) in [7, 11) is 0. The fourth-order valence-corrected chi connectivity index (χ4v) is 2.16. The molecule has 13 heavy (non-hydrogen) atoms. The molecule has 1 atom stereocenters. The molecule has 0 aromatic carbocycles. The second kappa shape index (κ2) is 6.44. The van der Waals surface area contributed by atoms with Crippen LogP contribution in [0.5, 0.6) is 0 Å². The number of rotatable bonds is 4. The van der Waals surface area contributed by atoms with Gasteiger partial charge in [0, 0.05) is 18.5 Å². The zero-order valence-electron chi connectivity index (χ0n) is 8.51. The maximum absolute atomic E-state index is 5.58. The quantitative estimate of drug-likeness (QED) is 0.499. The normalized spacial score (nSPS) is 25.5. The summed E-state index contributed by atoms with van der Waals surface area (Å²) in [5.74, 6) is 0.643. The van der Waals surface area contributed by atoms with E-state index < -0.39 is 0 Å². The van der Waals surface area contributed by atoms with Crippen LogP contribution in [-0.2, 0) is 0 Å². The molecule has 0 aliphatic carbocycles. The fraction of sp³-hybridized carbons (Fsp3) is 0.818. The van der Waals surface area contributed by atoms with Gasteiger partial charge in [-0.1, -0.05) is 25.5 Å². The summed E-state index contributed by atoms with van der Waals surface area (Å²) in [6, 6.07) is 0.814. The molecule has 1 aliphatic rings. The monoisotopic (exact) mass is 201 g/mol. The highest BCUT2D eigenvalue weighted by molar-refractivity contribution is 6.18. The third-order valence-electron chi connectivity index (χ3n) is 2.82. The first-order chi connectivity index (χ1) is 6.38. The molecule has 0 aromatic rings. The molecule has 1 saturated heterocycles. The molecule has 1 heterocycles. The maximum Gasteiger partial charge on any atom is 0.0404 e. The van der Waals surface area contributed by atoms with Gasteiger partial charge in [-0.2, -0.15) is 0 Å². The number of halogens is 1. The van der Waals surface area contributed by atoms with Gasteiger partial charge in [0.05, 0.1) is 0 Å². The SMILES string of the molecule is CCC1CCCCN1CC=CCCl. The third-order valence-corrected chi connectivity index (χ3v) is 2.99. The van der Waals surface area contributed by atoms with E-state index in [2.05, 4.69) is 17.9 Å². The van der Waals surface area contributed by atoms with Crippen LogP contribution in [0, 0.1) is 0 Å². The minimum Gasteiger partial charge on any atom is -0.297 e. The van der Waals surface area contributed by atoms with Crippen LogP contribution in [0.1, 0.15) is 32.6 Å². The van der Waals surface area contributed by atoms with E-state index in [1.807, 2.05) is 6.08 Å². The number of hydrogen-bond donors (Lipinski definition) is 0. The van der Waals surface area contributed by atoms with Crippen LogP contribution in [0.4, 0.5) is 0 Å². The Morgan fingerprint density at radius 1 is 1.38 bits per heavy atom. The van der Waals surface area contributed by atoms with Crippen molar-refractivity contribution in [1.82, 2.24) is 4.90 Å². The van der Waals surface area contributed by atoms with Crippen LogP contribution in [0.25, 0.3) is 0 Å². The van der Waals surface area contributed by atoms with E-state index in [1.54, 1.807) is 0 Å². The van der Waals surface area contributed by atoms with Gasteiger partial charge in [0.1, 0.15) is 0 Å². The summed E-state index contributed by atoms with van der Waals surface area (Å²) in [6.07, 6.45) is 9.68. The van der Waals surface area contributed by atoms with E-state index in [9.17, 15) is 0 Å². The minimum atomic E-state index is 0.643. The lowest BCUT2D eigenvalue weighted by Crippen LogP contribution is -2.39. The average molecular weight is 202 g/mol. The van der Waals surface area contributed by atoms with Crippen molar-refractivity contribution in [2.45, 2.75) is 38.6 Å². The van der Waals surface area contributed by atoms with Gasteiger partial charge in [0.15, 0.2) is 0 Å². The standard InChI is InChI=1S/C11H20ClN/c1-2-11-7-3-5-9-13(11)10-6-4-8-12/h4,6,11H,2-3,5,7-10H2,1H3. The molecule has 0 aromatic heterocycles. The first-order valence-corrected chi connectivity index (χ1v) is 5.87. The average Bonchev–Trinajstić information content (AvgIpc) is 2.19. The first-order valence-electron chi connectivity index (χ1n) is 5.33. The van der Waals surface area contributed by atoms with Crippen molar-refractivity contribution < 1.29 is 0 Å². The lowest BCUT2D eigenvalue weighted by atomic mass is 10.0. The fourth-order valence-electron chi connectivity index (χ4n) is 2.04. The highest BCUT2D eigenvalue weighted by Gasteiger charge is 2.18. The summed E-state index contributed by atoms with van der Waals surface area (Å²) in [5.41, 5.74) is 0. The van der Waals surface area contributed by atoms with Gasteiger partial charge in [-0.15, -0.1) is 11.6 Å². The van der Waals surface area contributed by atoms with Gasteiger partial charge in [-0.25, -0.2) is 0 Å². The molecule has 1 nitrogen and oxygen atoms in total. The Labute approximate surface area is 86.8 Å². The molecule has 2 heteroatoms. The molecule has 1 rings (SSSR count). The highest BCUT2D eigenvalue weighted by atomic mass is 35.5. The third kappa shape index (κ3) is 3.70. The van der Waals surface area contributed by atoms with E-state index in [1.165, 1.54) is 32.2 Å². The van der Waals surface area contributed by atoms with E-state index in [-0.39, 0.29) is 0 Å². The Hall–Kier alpha value is -0.0100. The van der Waals surface area contributed by atoms with Crippen molar-refractivity contribution in [3.05, 3.63) is 12.2 Å². The molecular weight excluding hydrogens is 182 g/mol. The summed E-state index contributed by atoms with van der Waals surface area (Å²) in [6.45, 7) is 4.64. The van der Waals surface area contributed by atoms with Gasteiger partial charge in [0.2, 0.25) is 0 Å². The molecule has 0 spiro atoms. The Morgan fingerprint density at radius 2 is 2.23 bits per heavy atom. The van der Waals surface area contributed by atoms with Crippen molar-refractivity contribution in [3.63, 3.8) is 0 Å². The number of likely N-dealkylation sites (tertiary alicyclic amines) is 1. The second-order valence-electron chi connectivity index (χ2n) is 3.68. The topological polar surface area (TPSA) is 3.24 Å². The molecule has 76 valence electrons. The van der Waals surface area contributed by atoms with Gasteiger partial charge >= 0.3 is 0 Å². The van der Waals surface area contributed by atoms with Crippen molar-refractivity contribution >= 4 is 11.6 Å². The largest absolute Gasteiger partial charge is 0.297 e. The van der Waals surface area contributed by atoms with Crippen LogP contribution < -0.4 is 0 Å². The minimum absolute atomic E-state index is 0.643. The zero-order valence-corrected chi connectivity index (χ0v) is 9.26. The molecule has 1 fully saturated rings. The molecule has 1 unspecified atom stereocenters. The Bertz CT molecular complexity index is 156. The van der Waals surface area contributed by atoms with Crippen molar-refractivity contribution in [2.24, 2.45) is 0 Å². The molecule has 1 aliphatic heterocycles. The van der Waals surface area contributed by atoms with Crippen LogP contribution in [-0.4, -0.2) is 29.9 Å². The van der Waals surface area contributed by atoms with Crippen LogP contribution in [0.3, 0.4) is 0 Å². The zero-order chi connectivity index (χ0) is 9.52. The van der Waals surface area contributed by atoms with Crippen LogP contribution in [0.2, 0.25) is 0 Å². The summed E-state index contributed by atoms with van der Waals surface area (Å²) >= 11 is 5.58. The highest BCUT2D eigenvalue weighted by Crippen LogP contribution is 2.18. The van der Waals surface area contributed by atoms with E-state index in [0.717, 1.165) is 12.6 Å². The van der Waals surface area contributed by atoms with E-state index in [4.69, 9.17) is 11.6 Å². The van der Waals surface area contributed by atoms with Gasteiger partial charge in [-0.05, 0) is 25.8 Å². The van der Waals surface area contributed by atoms with Gasteiger partial charge < -0.3 is 0 Å². The number of allylic oxidation sites excluding steroid dienone is 1. The number of piperidine rings is 1. The summed E-state index contributed by atoms with van der Waals surface area (Å²) in [5, 5.41) is 0. The smallest absolute Gasteiger partial charge is 0.0404 e. The summed E-state index contributed by atoms with van der Waals surface area (Å²) in [4.78, 5) is 2.58. The van der Waals surface area contributed by atoms with Crippen LogP contribution in [0.15, 0.2) is 12.2 Å². The molecule has 0 radical (unpaired) electrons. The van der Waals surface area contributed by atoms with Crippen molar-refractivity contribution in [3.8, 4) is 0 Å². The Morgan fingerprint density at radius 3 is 2.92 bits per heavy atom. The van der Waals surface area contributed by atoms with Crippen LogP contribution >= 0.6 is 11.6 Å². The molecule has 0 N–H and O–H groups in total. The van der Waals surface area contributed by atoms with Crippen molar-refractivity contribution in [1.29, 1.82) is 0 Å². The number of hydrogen-bond acceptors (Lipinski definition) is 1. The first kappa shape index (κ1) is 11.1. The second-order valence-corrected chi connectivity index (χ2v) is 3.99. The summed E-state index contributed by atoms with van der Waals surface area (Å²) < 4.78 is 0. The lowest BCUT2D eigenvalue weighted by molar-refractivity contribution is 0.161. The van der Waals surface area contributed by atoms with Gasteiger partial charge in [-0.3, -0.25) is 4.90 Å². The molecular formula is C11H20ClN. The van der Waals surface area contributed by atoms with Crippen molar-refractivity contribution in [2.75, 3.05) is 19.0 Å². The predicted molar refractivity (Wildman–Crippen MR) is 59.4 cm³/mol. The lowest BCUT2D eigenvalue weighted by Gasteiger charge is -2.34. The molecule has 0 amide bonds. The maximum atomic E-state index is 5.58. The van der Waals surface area contributed by atoms with E-state index >= 15 is 0 Å². The van der Waals surface area contributed by atoms with E-state index in [0.29, 0.717) is 5.88 Å². The number of nitrogens with zero attached hydrogens (tertiary/aromatic N) is 1. The Balaban J connectivity index is 2.31. The molecule has 0 saturated carbocycles. The molecule has 0 bridgehead atoms. The number of alkyl halides is 1. The predicted octanol–water partition coefficient (Wildman–Crippen LogP) is 3.05. The van der Waals surface area contributed by atoms with Gasteiger partial charge in [0.25, 0.3) is 0 Å². The Kier molecular flexibility index (Phi) is 5.49.